The summed E-state index contributed by atoms with van der Waals surface area (Å²) in [5.41, 5.74) is 2.20. The van der Waals surface area contributed by atoms with Crippen molar-refractivity contribution in [3.63, 3.8) is 0 Å². The lowest BCUT2D eigenvalue weighted by atomic mass is 10.2. The molecule has 0 radical (unpaired) electrons. The summed E-state index contributed by atoms with van der Waals surface area (Å²) in [6, 6.07) is 7.83. The standard InChI is InChI=1S/C20H24N4O2S2/c1-14-5-6-15(26-2)17-18(14)28-20(22-17)24-11-9-23(10-12-24)8-7-21-19(25)16-4-3-13-27-16/h3-6,13H,7-12H2,1-2H3,(H,21,25). The first-order chi connectivity index (χ1) is 13.7. The molecule has 1 aromatic carbocycles. The number of aromatic nitrogens is 1. The van der Waals surface area contributed by atoms with E-state index in [1.165, 1.54) is 21.6 Å². The highest BCUT2D eigenvalue weighted by atomic mass is 32.1. The summed E-state index contributed by atoms with van der Waals surface area (Å²) in [6.45, 7) is 7.50. The number of hydrogen-bond donors (Lipinski definition) is 1. The van der Waals surface area contributed by atoms with E-state index < -0.39 is 0 Å². The Morgan fingerprint density at radius 1 is 1.25 bits per heavy atom. The second-order valence-electron chi connectivity index (χ2n) is 6.82. The van der Waals surface area contributed by atoms with Crippen LogP contribution in [-0.2, 0) is 0 Å². The van der Waals surface area contributed by atoms with Gasteiger partial charge in [-0.3, -0.25) is 9.69 Å². The summed E-state index contributed by atoms with van der Waals surface area (Å²) >= 11 is 3.21. The third-order valence-corrected chi connectivity index (χ3v) is 7.13. The van der Waals surface area contributed by atoms with Crippen LogP contribution < -0.4 is 15.0 Å². The molecule has 1 N–H and O–H groups in total. The molecule has 0 saturated carbocycles. The summed E-state index contributed by atoms with van der Waals surface area (Å²) < 4.78 is 6.68. The van der Waals surface area contributed by atoms with E-state index in [0.29, 0.717) is 6.54 Å². The van der Waals surface area contributed by atoms with Gasteiger partial charge in [-0.15, -0.1) is 11.3 Å². The molecule has 28 heavy (non-hydrogen) atoms. The fourth-order valence-corrected chi connectivity index (χ4v) is 5.13. The van der Waals surface area contributed by atoms with Crippen molar-refractivity contribution >= 4 is 43.9 Å². The Bertz CT molecular complexity index is 947. The second-order valence-corrected chi connectivity index (χ2v) is 8.75. The fourth-order valence-electron chi connectivity index (χ4n) is 3.38. The molecular weight excluding hydrogens is 392 g/mol. The number of thiophene rings is 1. The fraction of sp³-hybridized carbons (Fsp3) is 0.400. The number of fused-ring (bicyclic) bond motifs is 1. The maximum absolute atomic E-state index is 12.0. The van der Waals surface area contributed by atoms with Crippen LogP contribution >= 0.6 is 22.7 Å². The maximum atomic E-state index is 12.0. The topological polar surface area (TPSA) is 57.7 Å². The number of rotatable bonds is 6. The molecule has 3 aromatic rings. The molecule has 1 saturated heterocycles. The number of piperazine rings is 1. The molecule has 1 fully saturated rings. The quantitative estimate of drug-likeness (QED) is 0.669. The molecule has 2 aromatic heterocycles. The zero-order chi connectivity index (χ0) is 19.5. The molecule has 0 aliphatic carbocycles. The van der Waals surface area contributed by atoms with Crippen molar-refractivity contribution in [3.05, 3.63) is 40.1 Å². The predicted molar refractivity (Wildman–Crippen MR) is 116 cm³/mol. The number of nitrogens with one attached hydrogen (secondary N) is 1. The smallest absolute Gasteiger partial charge is 0.261 e. The molecule has 148 valence electrons. The summed E-state index contributed by atoms with van der Waals surface area (Å²) in [5, 5.41) is 5.99. The molecule has 0 unspecified atom stereocenters. The van der Waals surface area contributed by atoms with Gasteiger partial charge in [0.25, 0.3) is 5.91 Å². The Balaban J connectivity index is 1.31. The number of methoxy groups -OCH3 is 1. The van der Waals surface area contributed by atoms with Crippen molar-refractivity contribution in [2.45, 2.75) is 6.92 Å². The Labute approximate surface area is 172 Å². The van der Waals surface area contributed by atoms with E-state index in [1.807, 2.05) is 23.6 Å². The van der Waals surface area contributed by atoms with Crippen molar-refractivity contribution in [2.75, 3.05) is 51.3 Å². The number of anilines is 1. The number of carbonyl (C=O) groups excluding carboxylic acids is 1. The van der Waals surface area contributed by atoms with E-state index in [1.54, 1.807) is 18.4 Å². The molecule has 4 rings (SSSR count). The van der Waals surface area contributed by atoms with Crippen molar-refractivity contribution in [3.8, 4) is 5.75 Å². The number of ether oxygens (including phenoxy) is 1. The van der Waals surface area contributed by atoms with E-state index in [-0.39, 0.29) is 5.91 Å². The van der Waals surface area contributed by atoms with Gasteiger partial charge in [0.15, 0.2) is 5.13 Å². The van der Waals surface area contributed by atoms with Crippen LogP contribution in [0, 0.1) is 6.92 Å². The van der Waals surface area contributed by atoms with Gasteiger partial charge in [0.2, 0.25) is 0 Å². The molecule has 1 amide bonds. The van der Waals surface area contributed by atoms with Crippen LogP contribution in [-0.4, -0.2) is 62.2 Å². The van der Waals surface area contributed by atoms with Gasteiger partial charge >= 0.3 is 0 Å². The maximum Gasteiger partial charge on any atom is 0.261 e. The van der Waals surface area contributed by atoms with Crippen LogP contribution in [0.5, 0.6) is 5.75 Å². The van der Waals surface area contributed by atoms with Crippen LogP contribution in [0.15, 0.2) is 29.6 Å². The van der Waals surface area contributed by atoms with Gasteiger partial charge in [0.1, 0.15) is 11.3 Å². The molecule has 1 aliphatic rings. The largest absolute Gasteiger partial charge is 0.494 e. The van der Waals surface area contributed by atoms with Crippen LogP contribution in [0.3, 0.4) is 0 Å². The molecule has 8 heteroatoms. The minimum absolute atomic E-state index is 0.0208. The first-order valence-corrected chi connectivity index (χ1v) is 11.1. The van der Waals surface area contributed by atoms with E-state index in [0.717, 1.165) is 54.0 Å². The minimum Gasteiger partial charge on any atom is -0.494 e. The lowest BCUT2D eigenvalue weighted by molar-refractivity contribution is 0.0952. The predicted octanol–water partition coefficient (Wildman–Crippen LogP) is 3.23. The molecule has 0 bridgehead atoms. The van der Waals surface area contributed by atoms with Crippen LogP contribution in [0.1, 0.15) is 15.2 Å². The lowest BCUT2D eigenvalue weighted by Crippen LogP contribution is -2.48. The molecule has 0 atom stereocenters. The van der Waals surface area contributed by atoms with Gasteiger partial charge in [-0.25, -0.2) is 4.98 Å². The van der Waals surface area contributed by atoms with Gasteiger partial charge < -0.3 is 15.0 Å². The number of hydrogen-bond acceptors (Lipinski definition) is 7. The van der Waals surface area contributed by atoms with Crippen LogP contribution in [0.4, 0.5) is 5.13 Å². The van der Waals surface area contributed by atoms with E-state index >= 15 is 0 Å². The molecular formula is C20H24N4O2S2. The molecule has 3 heterocycles. The third-order valence-electron chi connectivity index (χ3n) is 5.01. The first kappa shape index (κ1) is 19.2. The monoisotopic (exact) mass is 416 g/mol. The Hall–Kier alpha value is -2.16. The molecule has 0 spiro atoms. The number of carbonyl (C=O) groups is 1. The van der Waals surface area contributed by atoms with Gasteiger partial charge in [-0.2, -0.15) is 0 Å². The van der Waals surface area contributed by atoms with Crippen molar-refractivity contribution in [1.29, 1.82) is 0 Å². The van der Waals surface area contributed by atoms with Crippen molar-refractivity contribution in [2.24, 2.45) is 0 Å². The highest BCUT2D eigenvalue weighted by molar-refractivity contribution is 7.22. The van der Waals surface area contributed by atoms with E-state index in [2.05, 4.69) is 28.1 Å². The van der Waals surface area contributed by atoms with Gasteiger partial charge in [0, 0.05) is 39.3 Å². The number of thiazole rings is 1. The van der Waals surface area contributed by atoms with Gasteiger partial charge in [-0.05, 0) is 30.0 Å². The minimum atomic E-state index is 0.0208. The Morgan fingerprint density at radius 2 is 2.07 bits per heavy atom. The van der Waals surface area contributed by atoms with Crippen LogP contribution in [0.2, 0.25) is 0 Å². The summed E-state index contributed by atoms with van der Waals surface area (Å²) in [7, 11) is 1.69. The number of aryl methyl sites for hydroxylation is 1. The van der Waals surface area contributed by atoms with E-state index in [9.17, 15) is 4.79 Å². The Kier molecular flexibility index (Phi) is 5.79. The molecule has 1 aliphatic heterocycles. The van der Waals surface area contributed by atoms with Crippen molar-refractivity contribution in [1.82, 2.24) is 15.2 Å². The first-order valence-electron chi connectivity index (χ1n) is 9.39. The average Bonchev–Trinajstić information content (AvgIpc) is 3.40. The van der Waals surface area contributed by atoms with E-state index in [4.69, 9.17) is 9.72 Å². The average molecular weight is 417 g/mol. The SMILES string of the molecule is COc1ccc(C)c2sc(N3CCN(CCNC(=O)c4cccs4)CC3)nc12. The summed E-state index contributed by atoms with van der Waals surface area (Å²) in [5.74, 6) is 0.857. The highest BCUT2D eigenvalue weighted by Crippen LogP contribution is 2.36. The van der Waals surface area contributed by atoms with Crippen molar-refractivity contribution < 1.29 is 9.53 Å². The van der Waals surface area contributed by atoms with Crippen LogP contribution in [0.25, 0.3) is 10.2 Å². The normalized spacial score (nSPS) is 15.1. The summed E-state index contributed by atoms with van der Waals surface area (Å²) in [6.07, 6.45) is 0. The number of amides is 1. The second kappa shape index (κ2) is 8.46. The third kappa shape index (κ3) is 3.99. The lowest BCUT2D eigenvalue weighted by Gasteiger charge is -2.34. The summed E-state index contributed by atoms with van der Waals surface area (Å²) in [4.78, 5) is 22.4. The number of benzene rings is 1. The molecule has 6 nitrogen and oxygen atoms in total. The Morgan fingerprint density at radius 3 is 2.79 bits per heavy atom. The number of nitrogens with zero attached hydrogens (tertiary/aromatic N) is 3. The van der Waals surface area contributed by atoms with Gasteiger partial charge in [0.05, 0.1) is 16.7 Å². The highest BCUT2D eigenvalue weighted by Gasteiger charge is 2.21. The van der Waals surface area contributed by atoms with Gasteiger partial charge in [-0.1, -0.05) is 23.5 Å². The zero-order valence-corrected chi connectivity index (χ0v) is 17.7. The zero-order valence-electron chi connectivity index (χ0n) is 16.1.